The summed E-state index contributed by atoms with van der Waals surface area (Å²) in [5.74, 6) is 1.37. The highest BCUT2D eigenvalue weighted by Crippen LogP contribution is 2.38. The Labute approximate surface area is 113 Å². The molecule has 19 heavy (non-hydrogen) atoms. The summed E-state index contributed by atoms with van der Waals surface area (Å²) in [4.78, 5) is 12.4. The predicted octanol–water partition coefficient (Wildman–Crippen LogP) is 1.89. The van der Waals surface area contributed by atoms with Crippen molar-refractivity contribution < 1.29 is 19.0 Å². The molecular formula is C14H21NO4. The summed E-state index contributed by atoms with van der Waals surface area (Å²) in [6.45, 7) is 3.64. The Hall–Kier alpha value is -1.75. The van der Waals surface area contributed by atoms with Crippen LogP contribution in [-0.2, 0) is 0 Å². The minimum Gasteiger partial charge on any atom is -0.493 e. The van der Waals surface area contributed by atoms with Gasteiger partial charge in [0, 0.05) is 5.56 Å². The molecule has 1 rings (SSSR count). The minimum absolute atomic E-state index is 0.0470. The van der Waals surface area contributed by atoms with E-state index in [2.05, 4.69) is 5.32 Å². The maximum Gasteiger partial charge on any atom is 0.203 e. The molecule has 0 amide bonds. The van der Waals surface area contributed by atoms with Crippen molar-refractivity contribution in [1.82, 2.24) is 5.32 Å². The van der Waals surface area contributed by atoms with Crippen LogP contribution in [0, 0.1) is 0 Å². The van der Waals surface area contributed by atoms with Crippen molar-refractivity contribution in [2.24, 2.45) is 0 Å². The Balaban J connectivity index is 3.35. The first-order valence-corrected chi connectivity index (χ1v) is 5.95. The normalized spacial score (nSPS) is 11.1. The Morgan fingerprint density at radius 2 is 1.53 bits per heavy atom. The van der Waals surface area contributed by atoms with Gasteiger partial charge in [-0.2, -0.15) is 0 Å². The molecule has 1 N–H and O–H groups in total. The van der Waals surface area contributed by atoms with Crippen LogP contribution < -0.4 is 19.5 Å². The van der Waals surface area contributed by atoms with E-state index in [4.69, 9.17) is 14.2 Å². The molecule has 0 aliphatic heterocycles. The molecule has 0 unspecified atom stereocenters. The van der Waals surface area contributed by atoms with Crippen molar-refractivity contribution in [2.75, 3.05) is 28.4 Å². The summed E-state index contributed by atoms with van der Waals surface area (Å²) in [6, 6.07) is 3.31. The standard InChI is InChI=1S/C14H21NO4/c1-14(2,15-3)13(16)9-7-10(17-4)12(19-6)11(8-9)18-5/h7-8,15H,1-6H3. The van der Waals surface area contributed by atoms with Gasteiger partial charge in [-0.3, -0.25) is 4.79 Å². The van der Waals surface area contributed by atoms with E-state index in [-0.39, 0.29) is 5.78 Å². The van der Waals surface area contributed by atoms with E-state index in [0.717, 1.165) is 0 Å². The SMILES string of the molecule is CNC(C)(C)C(=O)c1cc(OC)c(OC)c(OC)c1. The average molecular weight is 267 g/mol. The smallest absolute Gasteiger partial charge is 0.203 e. The van der Waals surface area contributed by atoms with Gasteiger partial charge in [0.15, 0.2) is 17.3 Å². The molecule has 0 atom stereocenters. The van der Waals surface area contributed by atoms with Crippen molar-refractivity contribution in [3.63, 3.8) is 0 Å². The number of benzene rings is 1. The first-order valence-electron chi connectivity index (χ1n) is 5.95. The van der Waals surface area contributed by atoms with E-state index in [1.54, 1.807) is 19.2 Å². The number of nitrogens with one attached hydrogen (secondary N) is 1. The minimum atomic E-state index is -0.662. The van der Waals surface area contributed by atoms with E-state index in [1.807, 2.05) is 13.8 Å². The molecule has 106 valence electrons. The number of Topliss-reactive ketones (excluding diaryl/α,β-unsaturated/α-hetero) is 1. The molecule has 1 aromatic carbocycles. The Kier molecular flexibility index (Phi) is 4.78. The van der Waals surface area contributed by atoms with E-state index >= 15 is 0 Å². The van der Waals surface area contributed by atoms with E-state index < -0.39 is 5.54 Å². The van der Waals surface area contributed by atoms with Crippen LogP contribution in [0.1, 0.15) is 24.2 Å². The van der Waals surface area contributed by atoms with Crippen LogP contribution >= 0.6 is 0 Å². The molecule has 0 fully saturated rings. The number of carbonyl (C=O) groups is 1. The fraction of sp³-hybridized carbons (Fsp3) is 0.500. The van der Waals surface area contributed by atoms with Crippen molar-refractivity contribution >= 4 is 5.78 Å². The number of hydrogen-bond donors (Lipinski definition) is 1. The number of likely N-dealkylation sites (N-methyl/N-ethyl adjacent to an activating group) is 1. The second-order valence-corrected chi connectivity index (χ2v) is 4.62. The number of ether oxygens (including phenoxy) is 3. The Morgan fingerprint density at radius 3 is 1.84 bits per heavy atom. The molecule has 0 aromatic heterocycles. The second-order valence-electron chi connectivity index (χ2n) is 4.62. The summed E-state index contributed by atoms with van der Waals surface area (Å²) in [7, 11) is 6.32. The summed E-state index contributed by atoms with van der Waals surface area (Å²) in [5.41, 5.74) is -0.154. The maximum atomic E-state index is 12.4. The third kappa shape index (κ3) is 2.98. The van der Waals surface area contributed by atoms with Crippen LogP contribution in [-0.4, -0.2) is 39.7 Å². The monoisotopic (exact) mass is 267 g/mol. The summed E-state index contributed by atoms with van der Waals surface area (Å²) in [6.07, 6.45) is 0. The lowest BCUT2D eigenvalue weighted by Gasteiger charge is -2.23. The Bertz CT molecular complexity index is 444. The molecule has 5 heteroatoms. The summed E-state index contributed by atoms with van der Waals surface area (Å²) in [5, 5.41) is 2.98. The summed E-state index contributed by atoms with van der Waals surface area (Å²) < 4.78 is 15.7. The van der Waals surface area contributed by atoms with Gasteiger partial charge >= 0.3 is 0 Å². The van der Waals surface area contributed by atoms with Gasteiger partial charge in [-0.15, -0.1) is 0 Å². The summed E-state index contributed by atoms with van der Waals surface area (Å²) >= 11 is 0. The molecule has 0 saturated heterocycles. The molecule has 0 spiro atoms. The number of rotatable bonds is 6. The van der Waals surface area contributed by atoms with Gasteiger partial charge in [-0.25, -0.2) is 0 Å². The van der Waals surface area contributed by atoms with Gasteiger partial charge in [-0.05, 0) is 33.0 Å². The second kappa shape index (κ2) is 5.93. The molecule has 0 heterocycles. The number of ketones is 1. The Morgan fingerprint density at radius 1 is 1.05 bits per heavy atom. The van der Waals surface area contributed by atoms with Gasteiger partial charge in [-0.1, -0.05) is 0 Å². The van der Waals surface area contributed by atoms with Crippen molar-refractivity contribution in [2.45, 2.75) is 19.4 Å². The molecule has 0 radical (unpaired) electrons. The van der Waals surface area contributed by atoms with Gasteiger partial charge in [0.25, 0.3) is 0 Å². The largest absolute Gasteiger partial charge is 0.493 e. The topological polar surface area (TPSA) is 56.8 Å². The van der Waals surface area contributed by atoms with Crippen LogP contribution in [0.4, 0.5) is 0 Å². The predicted molar refractivity (Wildman–Crippen MR) is 73.6 cm³/mol. The third-order valence-electron chi connectivity index (χ3n) is 3.12. The van der Waals surface area contributed by atoms with Crippen LogP contribution in [0.2, 0.25) is 0 Å². The van der Waals surface area contributed by atoms with E-state index in [9.17, 15) is 4.79 Å². The lowest BCUT2D eigenvalue weighted by atomic mass is 9.93. The van der Waals surface area contributed by atoms with Gasteiger partial charge in [0.05, 0.1) is 26.9 Å². The number of methoxy groups -OCH3 is 3. The fourth-order valence-corrected chi connectivity index (χ4v) is 1.69. The lowest BCUT2D eigenvalue weighted by molar-refractivity contribution is 0.0889. The lowest BCUT2D eigenvalue weighted by Crippen LogP contribution is -2.44. The third-order valence-corrected chi connectivity index (χ3v) is 3.12. The van der Waals surface area contributed by atoms with Gasteiger partial charge < -0.3 is 19.5 Å². The first kappa shape index (κ1) is 15.3. The van der Waals surface area contributed by atoms with Crippen molar-refractivity contribution in [1.29, 1.82) is 0 Å². The quantitative estimate of drug-likeness (QED) is 0.798. The molecule has 1 aromatic rings. The van der Waals surface area contributed by atoms with Crippen LogP contribution in [0.3, 0.4) is 0 Å². The number of carbonyl (C=O) groups excluding carboxylic acids is 1. The van der Waals surface area contributed by atoms with Gasteiger partial charge in [0.2, 0.25) is 5.75 Å². The highest BCUT2D eigenvalue weighted by molar-refractivity contribution is 6.03. The van der Waals surface area contributed by atoms with Gasteiger partial charge in [0.1, 0.15) is 0 Å². The van der Waals surface area contributed by atoms with Crippen molar-refractivity contribution in [3.05, 3.63) is 17.7 Å². The molecule has 5 nitrogen and oxygen atoms in total. The fourth-order valence-electron chi connectivity index (χ4n) is 1.69. The molecule has 0 aliphatic rings. The van der Waals surface area contributed by atoms with Crippen LogP contribution in [0.15, 0.2) is 12.1 Å². The molecule has 0 aliphatic carbocycles. The maximum absolute atomic E-state index is 12.4. The number of hydrogen-bond acceptors (Lipinski definition) is 5. The zero-order valence-corrected chi connectivity index (χ0v) is 12.3. The van der Waals surface area contributed by atoms with Crippen molar-refractivity contribution in [3.8, 4) is 17.2 Å². The first-order chi connectivity index (χ1) is 8.91. The highest BCUT2D eigenvalue weighted by Gasteiger charge is 2.28. The highest BCUT2D eigenvalue weighted by atomic mass is 16.5. The average Bonchev–Trinajstić information content (AvgIpc) is 2.44. The molecule has 0 saturated carbocycles. The van der Waals surface area contributed by atoms with E-state index in [0.29, 0.717) is 22.8 Å². The van der Waals surface area contributed by atoms with E-state index in [1.165, 1.54) is 21.3 Å². The molecule has 0 bridgehead atoms. The molecular weight excluding hydrogens is 246 g/mol. The zero-order valence-electron chi connectivity index (χ0n) is 12.3. The van der Waals surface area contributed by atoms with Crippen LogP contribution in [0.25, 0.3) is 0 Å². The van der Waals surface area contributed by atoms with Crippen LogP contribution in [0.5, 0.6) is 17.2 Å². The zero-order chi connectivity index (χ0) is 14.6.